The molecule has 1 heterocycles. The summed E-state index contributed by atoms with van der Waals surface area (Å²) in [5.74, 6) is 0.521. The summed E-state index contributed by atoms with van der Waals surface area (Å²) in [4.78, 5) is 24.0. The third kappa shape index (κ3) is 4.68. The lowest BCUT2D eigenvalue weighted by molar-refractivity contribution is -0.122. The van der Waals surface area contributed by atoms with Crippen LogP contribution in [0.3, 0.4) is 0 Å². The van der Waals surface area contributed by atoms with Gasteiger partial charge in [0.05, 0.1) is 5.75 Å². The Morgan fingerprint density at radius 1 is 1.30 bits per heavy atom. The van der Waals surface area contributed by atoms with Gasteiger partial charge in [0.2, 0.25) is 21.8 Å². The molecule has 2 aliphatic rings. The average molecular weight is 394 g/mol. The van der Waals surface area contributed by atoms with Crippen LogP contribution in [0, 0.1) is 11.8 Å². The van der Waals surface area contributed by atoms with Gasteiger partial charge in [0.15, 0.2) is 0 Å². The van der Waals surface area contributed by atoms with Gasteiger partial charge in [0.1, 0.15) is 0 Å². The van der Waals surface area contributed by atoms with Crippen LogP contribution in [0.25, 0.3) is 0 Å². The van der Waals surface area contributed by atoms with Crippen molar-refractivity contribution < 1.29 is 18.0 Å². The van der Waals surface area contributed by atoms with Crippen LogP contribution in [-0.2, 0) is 32.6 Å². The van der Waals surface area contributed by atoms with Crippen molar-refractivity contribution in [1.82, 2.24) is 9.62 Å². The number of hydrogen-bond donors (Lipinski definition) is 2. The van der Waals surface area contributed by atoms with Crippen LogP contribution in [-0.4, -0.2) is 43.4 Å². The maximum Gasteiger partial charge on any atom is 0.226 e. The quantitative estimate of drug-likeness (QED) is 0.734. The number of nitrogens with one attached hydrogen (secondary N) is 2. The highest BCUT2D eigenvalue weighted by Crippen LogP contribution is 2.37. The molecule has 3 rings (SSSR count). The van der Waals surface area contributed by atoms with E-state index >= 15 is 0 Å². The second-order valence-electron chi connectivity index (χ2n) is 7.34. The second-order valence-corrected chi connectivity index (χ2v) is 9.59. The fourth-order valence-electron chi connectivity index (χ4n) is 3.45. The Morgan fingerprint density at radius 2 is 2.04 bits per heavy atom. The normalized spacial score (nSPS) is 22.0. The molecule has 1 aromatic carbocycles. The van der Waals surface area contributed by atoms with Crippen LogP contribution < -0.4 is 10.6 Å². The lowest BCUT2D eigenvalue weighted by Gasteiger charge is -2.29. The molecule has 0 bridgehead atoms. The van der Waals surface area contributed by atoms with Crippen molar-refractivity contribution >= 4 is 27.5 Å². The van der Waals surface area contributed by atoms with E-state index in [1.807, 2.05) is 25.1 Å². The first kappa shape index (κ1) is 19.8. The van der Waals surface area contributed by atoms with Crippen molar-refractivity contribution in [3.63, 3.8) is 0 Å². The zero-order valence-electron chi connectivity index (χ0n) is 15.8. The second kappa shape index (κ2) is 7.98. The molecule has 2 atom stereocenters. The summed E-state index contributed by atoms with van der Waals surface area (Å²) in [7, 11) is -3.22. The van der Waals surface area contributed by atoms with Crippen LogP contribution in [0.4, 0.5) is 5.69 Å². The van der Waals surface area contributed by atoms with Crippen molar-refractivity contribution in [1.29, 1.82) is 0 Å². The first-order valence-electron chi connectivity index (χ1n) is 9.48. The molecule has 1 aliphatic heterocycles. The molecule has 148 valence electrons. The first-order valence-corrected chi connectivity index (χ1v) is 11.1. The van der Waals surface area contributed by atoms with Crippen LogP contribution in [0.5, 0.6) is 0 Å². The smallest absolute Gasteiger partial charge is 0.226 e. The molecule has 7 nitrogen and oxygen atoms in total. The topological polar surface area (TPSA) is 95.6 Å². The number of nitrogens with zero attached hydrogens (tertiary/aromatic N) is 1. The van der Waals surface area contributed by atoms with Crippen LogP contribution in [0.2, 0.25) is 0 Å². The van der Waals surface area contributed by atoms with Gasteiger partial charge in [-0.05, 0) is 42.9 Å². The van der Waals surface area contributed by atoms with E-state index in [0.717, 1.165) is 23.2 Å². The molecule has 1 aromatic rings. The molecule has 0 spiro atoms. The zero-order chi connectivity index (χ0) is 19.6. The first-order chi connectivity index (χ1) is 12.8. The standard InChI is InChI=1S/C19H27N3O4S/c1-3-27(25,26)22-10-8-15-14(12-22)5-4-6-17(15)21-18(23)7-9-20-19(24)16-11-13(16)2/h4-6,13,16H,3,7-12H2,1-2H3,(H,20,24)(H,21,23). The molecule has 2 N–H and O–H groups in total. The Labute approximate surface area is 160 Å². The Kier molecular flexibility index (Phi) is 5.86. The van der Waals surface area contributed by atoms with Crippen LogP contribution in [0.15, 0.2) is 18.2 Å². The summed E-state index contributed by atoms with van der Waals surface area (Å²) in [6.45, 7) is 4.77. The Morgan fingerprint density at radius 3 is 2.70 bits per heavy atom. The number of rotatable bonds is 7. The molecule has 1 aliphatic carbocycles. The van der Waals surface area contributed by atoms with E-state index in [1.54, 1.807) is 6.92 Å². The van der Waals surface area contributed by atoms with E-state index in [2.05, 4.69) is 10.6 Å². The third-order valence-corrected chi connectivity index (χ3v) is 7.19. The highest BCUT2D eigenvalue weighted by Gasteiger charge is 2.38. The molecule has 2 unspecified atom stereocenters. The fourth-order valence-corrected chi connectivity index (χ4v) is 4.52. The van der Waals surface area contributed by atoms with E-state index in [-0.39, 0.29) is 29.9 Å². The summed E-state index contributed by atoms with van der Waals surface area (Å²) in [6.07, 6.45) is 1.72. The van der Waals surface area contributed by atoms with Gasteiger partial charge in [0.25, 0.3) is 0 Å². The number of amides is 2. The van der Waals surface area contributed by atoms with E-state index in [0.29, 0.717) is 32.0 Å². The van der Waals surface area contributed by atoms with E-state index in [9.17, 15) is 18.0 Å². The average Bonchev–Trinajstić information content (AvgIpc) is 3.38. The fraction of sp³-hybridized carbons (Fsp3) is 0.579. The van der Waals surface area contributed by atoms with Gasteiger partial charge < -0.3 is 10.6 Å². The third-order valence-electron chi connectivity index (χ3n) is 5.36. The SMILES string of the molecule is CCS(=O)(=O)N1CCc2c(cccc2NC(=O)CCNC(=O)C2CC2C)C1. The molecule has 0 saturated heterocycles. The maximum atomic E-state index is 12.2. The van der Waals surface area contributed by atoms with Gasteiger partial charge >= 0.3 is 0 Å². The minimum Gasteiger partial charge on any atom is -0.355 e. The monoisotopic (exact) mass is 393 g/mol. The number of sulfonamides is 1. The van der Waals surface area contributed by atoms with Gasteiger partial charge in [-0.15, -0.1) is 0 Å². The lowest BCUT2D eigenvalue weighted by Crippen LogP contribution is -2.37. The number of hydrogen-bond acceptors (Lipinski definition) is 4. The maximum absolute atomic E-state index is 12.2. The molecule has 1 saturated carbocycles. The number of carbonyl (C=O) groups is 2. The molecule has 2 amide bonds. The van der Waals surface area contributed by atoms with Crippen molar-refractivity contribution in [3.05, 3.63) is 29.3 Å². The van der Waals surface area contributed by atoms with Gasteiger partial charge in [-0.25, -0.2) is 8.42 Å². The van der Waals surface area contributed by atoms with Gasteiger partial charge in [-0.2, -0.15) is 4.31 Å². The number of benzene rings is 1. The van der Waals surface area contributed by atoms with E-state index < -0.39 is 10.0 Å². The molecule has 0 aromatic heterocycles. The minimum absolute atomic E-state index is 0.0321. The summed E-state index contributed by atoms with van der Waals surface area (Å²) >= 11 is 0. The molecular weight excluding hydrogens is 366 g/mol. The predicted molar refractivity (Wildman–Crippen MR) is 104 cm³/mol. The number of fused-ring (bicyclic) bond motifs is 1. The summed E-state index contributed by atoms with van der Waals surface area (Å²) in [5.41, 5.74) is 2.64. The van der Waals surface area contributed by atoms with Crippen LogP contribution >= 0.6 is 0 Å². The molecule has 27 heavy (non-hydrogen) atoms. The molecule has 0 radical (unpaired) electrons. The molecular formula is C19H27N3O4S. The van der Waals surface area contributed by atoms with E-state index in [4.69, 9.17) is 0 Å². The summed E-state index contributed by atoms with van der Waals surface area (Å²) in [5, 5.41) is 5.72. The van der Waals surface area contributed by atoms with E-state index in [1.165, 1.54) is 4.31 Å². The van der Waals surface area contributed by atoms with Crippen molar-refractivity contribution in [2.24, 2.45) is 11.8 Å². The molecule has 1 fully saturated rings. The minimum atomic E-state index is -3.22. The Bertz CT molecular complexity index is 837. The molecule has 8 heteroatoms. The largest absolute Gasteiger partial charge is 0.355 e. The Hall–Kier alpha value is -1.93. The van der Waals surface area contributed by atoms with Crippen LogP contribution in [0.1, 0.15) is 37.8 Å². The van der Waals surface area contributed by atoms with Gasteiger partial charge in [0, 0.05) is 37.7 Å². The van der Waals surface area contributed by atoms with Crippen molar-refractivity contribution in [2.45, 2.75) is 39.7 Å². The summed E-state index contributed by atoms with van der Waals surface area (Å²) < 4.78 is 25.7. The summed E-state index contributed by atoms with van der Waals surface area (Å²) in [6, 6.07) is 5.57. The highest BCUT2D eigenvalue weighted by molar-refractivity contribution is 7.89. The lowest BCUT2D eigenvalue weighted by atomic mass is 9.99. The van der Waals surface area contributed by atoms with Crippen molar-refractivity contribution in [3.8, 4) is 0 Å². The van der Waals surface area contributed by atoms with Gasteiger partial charge in [-0.1, -0.05) is 19.1 Å². The Balaban J connectivity index is 1.56. The zero-order valence-corrected chi connectivity index (χ0v) is 16.6. The number of carbonyl (C=O) groups excluding carboxylic acids is 2. The van der Waals surface area contributed by atoms with Gasteiger partial charge in [-0.3, -0.25) is 9.59 Å². The highest BCUT2D eigenvalue weighted by atomic mass is 32.2. The predicted octanol–water partition coefficient (Wildman–Crippen LogP) is 1.50. The van der Waals surface area contributed by atoms with Crippen molar-refractivity contribution in [2.75, 3.05) is 24.2 Å². The number of anilines is 1.